The first kappa shape index (κ1) is 16.1. The lowest BCUT2D eigenvalue weighted by molar-refractivity contribution is -0.138. The number of carbonyl (C=O) groups excluding carboxylic acids is 1. The molecular weight excluding hydrogens is 304 g/mol. The average Bonchev–Trinajstić information content (AvgIpc) is 2.64. The molecule has 1 aliphatic carbocycles. The van der Waals surface area contributed by atoms with E-state index < -0.39 is 5.97 Å². The van der Waals surface area contributed by atoms with Gasteiger partial charge in [0.15, 0.2) is 0 Å². The van der Waals surface area contributed by atoms with Gasteiger partial charge in [-0.15, -0.1) is 0 Å². The molecule has 1 aliphatic rings. The summed E-state index contributed by atoms with van der Waals surface area (Å²) in [6.07, 6.45) is 7.06. The quantitative estimate of drug-likeness (QED) is 0.352. The van der Waals surface area contributed by atoms with E-state index in [2.05, 4.69) is 18.7 Å². The Morgan fingerprint density at radius 1 is 1.08 bits per heavy atom. The molecule has 24 heavy (non-hydrogen) atoms. The monoisotopic (exact) mass is 324 g/mol. The van der Waals surface area contributed by atoms with Crippen molar-refractivity contribution in [2.75, 3.05) is 20.3 Å². The van der Waals surface area contributed by atoms with Gasteiger partial charge in [-0.2, -0.15) is 0 Å². The van der Waals surface area contributed by atoms with Crippen molar-refractivity contribution in [2.45, 2.75) is 12.8 Å². The highest BCUT2D eigenvalue weighted by atomic mass is 16.6. The Morgan fingerprint density at radius 2 is 1.71 bits per heavy atom. The molecular formula is C20H20O4. The number of carbonyl (C=O) groups is 1. The number of rotatable bonds is 6. The molecule has 4 heteroatoms. The molecule has 2 aromatic rings. The van der Waals surface area contributed by atoms with Crippen LogP contribution in [0.4, 0.5) is 0 Å². The number of esters is 1. The second kappa shape index (κ2) is 7.21. The summed E-state index contributed by atoms with van der Waals surface area (Å²) >= 11 is 0. The number of fused-ring (bicyclic) bond motifs is 2. The van der Waals surface area contributed by atoms with Gasteiger partial charge in [0.1, 0.15) is 24.7 Å². The van der Waals surface area contributed by atoms with Crippen LogP contribution in [0.25, 0.3) is 10.8 Å². The summed E-state index contributed by atoms with van der Waals surface area (Å²) in [6, 6.07) is 8.04. The van der Waals surface area contributed by atoms with Gasteiger partial charge >= 0.3 is 5.97 Å². The molecule has 0 saturated heterocycles. The molecule has 0 unspecified atom stereocenters. The second-order valence-electron chi connectivity index (χ2n) is 5.46. The summed E-state index contributed by atoms with van der Waals surface area (Å²) in [5, 5.41) is 2.05. The fourth-order valence-electron chi connectivity index (χ4n) is 3.06. The number of methoxy groups -OCH3 is 1. The molecule has 0 amide bonds. The summed E-state index contributed by atoms with van der Waals surface area (Å²) in [4.78, 5) is 11.1. The zero-order valence-corrected chi connectivity index (χ0v) is 13.7. The van der Waals surface area contributed by atoms with E-state index in [0.29, 0.717) is 6.61 Å². The summed E-state index contributed by atoms with van der Waals surface area (Å²) in [5.41, 5.74) is 2.31. The summed E-state index contributed by atoms with van der Waals surface area (Å²) in [6.45, 7) is 3.87. The van der Waals surface area contributed by atoms with Crippen LogP contribution in [-0.2, 0) is 22.4 Å². The van der Waals surface area contributed by atoms with Crippen LogP contribution in [0.15, 0.2) is 49.1 Å². The van der Waals surface area contributed by atoms with E-state index in [1.165, 1.54) is 0 Å². The Kier molecular flexibility index (Phi) is 4.85. The van der Waals surface area contributed by atoms with Gasteiger partial charge in [0.05, 0.1) is 7.11 Å². The Hall–Kier alpha value is -2.75. The smallest absolute Gasteiger partial charge is 0.330 e. The third kappa shape index (κ3) is 3.00. The van der Waals surface area contributed by atoms with Crippen molar-refractivity contribution < 1.29 is 19.0 Å². The first-order valence-corrected chi connectivity index (χ1v) is 7.93. The minimum Gasteiger partial charge on any atom is -0.496 e. The van der Waals surface area contributed by atoms with E-state index in [-0.39, 0.29) is 6.61 Å². The molecule has 0 aliphatic heterocycles. The minimum absolute atomic E-state index is 0.190. The topological polar surface area (TPSA) is 44.8 Å². The molecule has 0 fully saturated rings. The average molecular weight is 324 g/mol. The van der Waals surface area contributed by atoms with Crippen LogP contribution in [0.3, 0.4) is 0 Å². The van der Waals surface area contributed by atoms with Gasteiger partial charge in [0.25, 0.3) is 0 Å². The normalized spacial score (nSPS) is 12.5. The molecule has 0 saturated carbocycles. The summed E-state index contributed by atoms with van der Waals surface area (Å²) in [7, 11) is 1.70. The number of ether oxygens (including phenoxy) is 3. The third-order valence-corrected chi connectivity index (χ3v) is 4.08. The lowest BCUT2D eigenvalue weighted by Crippen LogP contribution is -2.13. The van der Waals surface area contributed by atoms with E-state index in [9.17, 15) is 4.79 Å². The number of benzene rings is 2. The second-order valence-corrected chi connectivity index (χ2v) is 5.46. The van der Waals surface area contributed by atoms with E-state index in [1.807, 2.05) is 24.3 Å². The first-order valence-electron chi connectivity index (χ1n) is 7.93. The van der Waals surface area contributed by atoms with Gasteiger partial charge < -0.3 is 14.2 Å². The van der Waals surface area contributed by atoms with Gasteiger partial charge in [-0.1, -0.05) is 43.0 Å². The molecule has 0 spiro atoms. The predicted molar refractivity (Wildman–Crippen MR) is 93.7 cm³/mol. The highest BCUT2D eigenvalue weighted by molar-refractivity contribution is 5.96. The van der Waals surface area contributed by atoms with Crippen molar-refractivity contribution in [1.29, 1.82) is 0 Å². The molecule has 0 heterocycles. The molecule has 0 atom stereocenters. The van der Waals surface area contributed by atoms with Crippen LogP contribution in [0, 0.1) is 0 Å². The zero-order valence-electron chi connectivity index (χ0n) is 13.7. The van der Waals surface area contributed by atoms with Crippen LogP contribution in [0.1, 0.15) is 11.1 Å². The predicted octanol–water partition coefficient (Wildman–Crippen LogP) is 3.61. The largest absolute Gasteiger partial charge is 0.496 e. The number of hydrogen-bond donors (Lipinski definition) is 0. The Bertz CT molecular complexity index is 805. The third-order valence-electron chi connectivity index (χ3n) is 4.08. The van der Waals surface area contributed by atoms with E-state index in [0.717, 1.165) is 52.3 Å². The SMILES string of the molecule is C=CC(=O)OCCOc1c2c(c(OC)c3ccccc13)CC=CC2. The standard InChI is InChI=1S/C20H20O4/c1-3-18(21)23-12-13-24-20-16-10-6-4-8-14(16)19(22-2)15-9-5-7-11-17(15)20/h3-8,10H,1,9,11-13H2,2H3. The van der Waals surface area contributed by atoms with Crippen molar-refractivity contribution in [3.63, 3.8) is 0 Å². The van der Waals surface area contributed by atoms with Crippen LogP contribution in [-0.4, -0.2) is 26.3 Å². The molecule has 2 aromatic carbocycles. The van der Waals surface area contributed by atoms with Crippen molar-refractivity contribution in [1.82, 2.24) is 0 Å². The van der Waals surface area contributed by atoms with Gasteiger partial charge in [-0.3, -0.25) is 0 Å². The lowest BCUT2D eigenvalue weighted by atomic mass is 9.90. The maximum absolute atomic E-state index is 11.1. The lowest BCUT2D eigenvalue weighted by Gasteiger charge is -2.22. The summed E-state index contributed by atoms with van der Waals surface area (Å²) < 4.78 is 16.7. The molecule has 124 valence electrons. The minimum atomic E-state index is -0.442. The highest BCUT2D eigenvalue weighted by Gasteiger charge is 2.21. The van der Waals surface area contributed by atoms with Gasteiger partial charge in [0.2, 0.25) is 0 Å². The van der Waals surface area contributed by atoms with Crippen molar-refractivity contribution in [3.8, 4) is 11.5 Å². The fraction of sp³-hybridized carbons (Fsp3) is 0.250. The fourth-order valence-corrected chi connectivity index (χ4v) is 3.06. The van der Waals surface area contributed by atoms with E-state index in [1.54, 1.807) is 7.11 Å². The van der Waals surface area contributed by atoms with Crippen LogP contribution >= 0.6 is 0 Å². The maximum atomic E-state index is 11.1. The molecule has 0 bridgehead atoms. The first-order chi connectivity index (χ1) is 11.8. The Balaban J connectivity index is 1.97. The maximum Gasteiger partial charge on any atom is 0.330 e. The highest BCUT2D eigenvalue weighted by Crippen LogP contribution is 2.42. The van der Waals surface area contributed by atoms with Crippen molar-refractivity contribution in [3.05, 3.63) is 60.2 Å². The molecule has 0 N–H and O–H groups in total. The Labute approximate surface area is 141 Å². The van der Waals surface area contributed by atoms with Crippen molar-refractivity contribution in [2.24, 2.45) is 0 Å². The molecule has 0 aromatic heterocycles. The van der Waals surface area contributed by atoms with Crippen molar-refractivity contribution >= 4 is 16.7 Å². The Morgan fingerprint density at radius 3 is 2.33 bits per heavy atom. The molecule has 3 rings (SSSR count). The van der Waals surface area contributed by atoms with Crippen LogP contribution < -0.4 is 9.47 Å². The van der Waals surface area contributed by atoms with Crippen LogP contribution in [0.5, 0.6) is 11.5 Å². The molecule has 0 radical (unpaired) electrons. The summed E-state index contributed by atoms with van der Waals surface area (Å²) in [5.74, 6) is 1.32. The van der Waals surface area contributed by atoms with E-state index in [4.69, 9.17) is 14.2 Å². The van der Waals surface area contributed by atoms with Gasteiger partial charge in [0, 0.05) is 28.0 Å². The molecule has 4 nitrogen and oxygen atoms in total. The van der Waals surface area contributed by atoms with E-state index >= 15 is 0 Å². The number of allylic oxidation sites excluding steroid dienone is 2. The zero-order chi connectivity index (χ0) is 16.9. The van der Waals surface area contributed by atoms with Crippen LogP contribution in [0.2, 0.25) is 0 Å². The number of hydrogen-bond acceptors (Lipinski definition) is 4. The van der Waals surface area contributed by atoms with Gasteiger partial charge in [-0.05, 0) is 12.8 Å². The van der Waals surface area contributed by atoms with Gasteiger partial charge in [-0.25, -0.2) is 4.79 Å².